The molecule has 8 heteroatoms. The summed E-state index contributed by atoms with van der Waals surface area (Å²) in [7, 11) is 1.49. The van der Waals surface area contributed by atoms with Crippen molar-refractivity contribution < 1.29 is 23.1 Å². The Morgan fingerprint density at radius 2 is 1.95 bits per heavy atom. The van der Waals surface area contributed by atoms with E-state index in [1.807, 2.05) is 0 Å². The maximum atomic E-state index is 13.2. The second kappa shape index (κ2) is 4.80. The Morgan fingerprint density at radius 3 is 2.38 bits per heavy atom. The number of hydrogen-bond donors (Lipinski definition) is 2. The normalized spacial score (nSPS) is 11.7. The standard InChI is InChI=1S/C13H12F3N3O2/c1-6-3-11(19(2)18-6)7-4-8(12(20)21)10(17)5-9(7)13(14,15)16/h3-5H,17H2,1-2H3,(H,20,21). The average Bonchev–Trinajstić information content (AvgIpc) is 2.66. The first-order chi connectivity index (χ1) is 9.61. The van der Waals surface area contributed by atoms with Crippen molar-refractivity contribution in [2.75, 3.05) is 5.73 Å². The second-order valence-electron chi connectivity index (χ2n) is 4.58. The molecule has 0 aliphatic carbocycles. The van der Waals surface area contributed by atoms with Gasteiger partial charge in [0, 0.05) is 18.3 Å². The molecular weight excluding hydrogens is 287 g/mol. The molecule has 0 aliphatic heterocycles. The number of alkyl halides is 3. The zero-order valence-electron chi connectivity index (χ0n) is 11.2. The lowest BCUT2D eigenvalue weighted by Gasteiger charge is -2.15. The minimum Gasteiger partial charge on any atom is -0.478 e. The Balaban J connectivity index is 2.81. The summed E-state index contributed by atoms with van der Waals surface area (Å²) in [5.74, 6) is -1.39. The minimum atomic E-state index is -4.65. The summed E-state index contributed by atoms with van der Waals surface area (Å²) >= 11 is 0. The Bertz CT molecular complexity index is 720. The van der Waals surface area contributed by atoms with E-state index in [2.05, 4.69) is 5.10 Å². The second-order valence-corrected chi connectivity index (χ2v) is 4.58. The van der Waals surface area contributed by atoms with Crippen molar-refractivity contribution in [2.24, 2.45) is 7.05 Å². The molecule has 0 amide bonds. The van der Waals surface area contributed by atoms with E-state index in [0.29, 0.717) is 11.8 Å². The van der Waals surface area contributed by atoms with Gasteiger partial charge < -0.3 is 10.8 Å². The number of rotatable bonds is 2. The number of aryl methyl sites for hydroxylation is 2. The molecule has 2 rings (SSSR count). The summed E-state index contributed by atoms with van der Waals surface area (Å²) in [6.07, 6.45) is -4.65. The van der Waals surface area contributed by atoms with Crippen molar-refractivity contribution in [1.29, 1.82) is 0 Å². The molecule has 0 radical (unpaired) electrons. The van der Waals surface area contributed by atoms with Gasteiger partial charge in [-0.25, -0.2) is 4.79 Å². The summed E-state index contributed by atoms with van der Waals surface area (Å²) in [4.78, 5) is 11.1. The van der Waals surface area contributed by atoms with Crippen LogP contribution in [0.25, 0.3) is 11.3 Å². The first-order valence-corrected chi connectivity index (χ1v) is 5.86. The molecular formula is C13H12F3N3O2. The number of anilines is 1. The fourth-order valence-corrected chi connectivity index (χ4v) is 2.11. The summed E-state index contributed by atoms with van der Waals surface area (Å²) in [6, 6.07) is 3.02. The molecule has 1 aromatic heterocycles. The lowest BCUT2D eigenvalue weighted by molar-refractivity contribution is -0.137. The third-order valence-corrected chi connectivity index (χ3v) is 3.00. The van der Waals surface area contributed by atoms with E-state index in [0.717, 1.165) is 6.07 Å². The SMILES string of the molecule is Cc1cc(-c2cc(C(=O)O)c(N)cc2C(F)(F)F)n(C)n1. The molecule has 112 valence electrons. The van der Waals surface area contributed by atoms with Crippen LogP contribution in [0.1, 0.15) is 21.6 Å². The highest BCUT2D eigenvalue weighted by Crippen LogP contribution is 2.39. The van der Waals surface area contributed by atoms with Gasteiger partial charge in [-0.2, -0.15) is 18.3 Å². The Morgan fingerprint density at radius 1 is 1.33 bits per heavy atom. The largest absolute Gasteiger partial charge is 0.478 e. The number of carbonyl (C=O) groups is 1. The van der Waals surface area contributed by atoms with Gasteiger partial charge >= 0.3 is 12.1 Å². The Hall–Kier alpha value is -2.51. The smallest absolute Gasteiger partial charge is 0.417 e. The molecule has 1 aromatic carbocycles. The maximum absolute atomic E-state index is 13.2. The topological polar surface area (TPSA) is 81.1 Å². The van der Waals surface area contributed by atoms with Crippen LogP contribution in [0.2, 0.25) is 0 Å². The van der Waals surface area contributed by atoms with Gasteiger partial charge in [0.05, 0.1) is 22.5 Å². The Kier molecular flexibility index (Phi) is 3.40. The molecule has 0 unspecified atom stereocenters. The highest BCUT2D eigenvalue weighted by molar-refractivity contribution is 5.95. The van der Waals surface area contributed by atoms with Crippen molar-refractivity contribution in [2.45, 2.75) is 13.1 Å². The van der Waals surface area contributed by atoms with Crippen LogP contribution in [0.4, 0.5) is 18.9 Å². The number of aromatic nitrogens is 2. The molecule has 0 atom stereocenters. The van der Waals surface area contributed by atoms with E-state index in [-0.39, 0.29) is 16.8 Å². The molecule has 3 N–H and O–H groups in total. The fraction of sp³-hybridized carbons (Fsp3) is 0.231. The van der Waals surface area contributed by atoms with Gasteiger partial charge in [-0.15, -0.1) is 0 Å². The average molecular weight is 299 g/mol. The third-order valence-electron chi connectivity index (χ3n) is 3.00. The monoisotopic (exact) mass is 299 g/mol. The number of halogens is 3. The van der Waals surface area contributed by atoms with Gasteiger partial charge in [-0.1, -0.05) is 0 Å². The molecule has 0 saturated heterocycles. The summed E-state index contributed by atoms with van der Waals surface area (Å²) in [5.41, 5.74) is 4.03. The maximum Gasteiger partial charge on any atom is 0.417 e. The Labute approximate surface area is 117 Å². The zero-order valence-corrected chi connectivity index (χ0v) is 11.2. The fourth-order valence-electron chi connectivity index (χ4n) is 2.11. The highest BCUT2D eigenvalue weighted by Gasteiger charge is 2.35. The minimum absolute atomic E-state index is 0.169. The van der Waals surface area contributed by atoms with Crippen molar-refractivity contribution in [3.05, 3.63) is 35.0 Å². The van der Waals surface area contributed by atoms with Crippen LogP contribution >= 0.6 is 0 Å². The van der Waals surface area contributed by atoms with Gasteiger partial charge in [-0.3, -0.25) is 4.68 Å². The number of carboxylic acids is 1. The first-order valence-electron chi connectivity index (χ1n) is 5.86. The van der Waals surface area contributed by atoms with Crippen LogP contribution in [0, 0.1) is 6.92 Å². The van der Waals surface area contributed by atoms with E-state index < -0.39 is 23.4 Å². The number of aromatic carboxylic acids is 1. The van der Waals surface area contributed by atoms with Crippen molar-refractivity contribution >= 4 is 11.7 Å². The van der Waals surface area contributed by atoms with Crippen molar-refractivity contribution in [1.82, 2.24) is 9.78 Å². The predicted molar refractivity (Wildman–Crippen MR) is 69.8 cm³/mol. The van der Waals surface area contributed by atoms with Crippen LogP contribution < -0.4 is 5.73 Å². The van der Waals surface area contributed by atoms with Gasteiger partial charge in [0.1, 0.15) is 0 Å². The lowest BCUT2D eigenvalue weighted by Crippen LogP contribution is -2.12. The molecule has 0 saturated carbocycles. The van der Waals surface area contributed by atoms with Crippen LogP contribution in [0.15, 0.2) is 18.2 Å². The van der Waals surface area contributed by atoms with E-state index in [9.17, 15) is 18.0 Å². The van der Waals surface area contributed by atoms with Gasteiger partial charge in [-0.05, 0) is 25.1 Å². The van der Waals surface area contributed by atoms with E-state index in [1.165, 1.54) is 17.8 Å². The lowest BCUT2D eigenvalue weighted by atomic mass is 9.98. The van der Waals surface area contributed by atoms with Gasteiger partial charge in [0.25, 0.3) is 0 Å². The summed E-state index contributed by atoms with van der Waals surface area (Å²) in [6.45, 7) is 1.63. The summed E-state index contributed by atoms with van der Waals surface area (Å²) < 4.78 is 40.7. The number of carboxylic acid groups (broad SMARTS) is 1. The molecule has 1 heterocycles. The number of nitrogen functional groups attached to an aromatic ring is 1. The molecule has 5 nitrogen and oxygen atoms in total. The van der Waals surface area contributed by atoms with Crippen molar-refractivity contribution in [3.63, 3.8) is 0 Å². The highest BCUT2D eigenvalue weighted by atomic mass is 19.4. The van der Waals surface area contributed by atoms with Crippen molar-refractivity contribution in [3.8, 4) is 11.3 Å². The molecule has 0 bridgehead atoms. The molecule has 0 fully saturated rings. The molecule has 21 heavy (non-hydrogen) atoms. The predicted octanol–water partition coefficient (Wildman–Crippen LogP) is 2.69. The van der Waals surface area contributed by atoms with Crippen LogP contribution in [0.5, 0.6) is 0 Å². The molecule has 2 aromatic rings. The zero-order chi connectivity index (χ0) is 15.9. The number of nitrogens with two attached hydrogens (primary N) is 1. The van der Waals surface area contributed by atoms with Crippen LogP contribution in [0.3, 0.4) is 0 Å². The number of benzene rings is 1. The first kappa shape index (κ1) is 14.9. The third kappa shape index (κ3) is 2.69. The van der Waals surface area contributed by atoms with E-state index in [4.69, 9.17) is 10.8 Å². The van der Waals surface area contributed by atoms with Crippen LogP contribution in [-0.2, 0) is 13.2 Å². The number of nitrogens with zero attached hydrogens (tertiary/aromatic N) is 2. The van der Waals surface area contributed by atoms with Gasteiger partial charge in [0.2, 0.25) is 0 Å². The number of hydrogen-bond acceptors (Lipinski definition) is 3. The van der Waals surface area contributed by atoms with E-state index >= 15 is 0 Å². The molecule has 0 aliphatic rings. The van der Waals surface area contributed by atoms with Crippen LogP contribution in [-0.4, -0.2) is 20.9 Å². The quantitative estimate of drug-likeness (QED) is 0.835. The molecule has 0 spiro atoms. The summed E-state index contributed by atoms with van der Waals surface area (Å²) in [5, 5.41) is 13.0. The van der Waals surface area contributed by atoms with Gasteiger partial charge in [0.15, 0.2) is 0 Å². The van der Waals surface area contributed by atoms with E-state index in [1.54, 1.807) is 6.92 Å².